The predicted molar refractivity (Wildman–Crippen MR) is 229 cm³/mol. The first-order valence-corrected chi connectivity index (χ1v) is 18.4. The normalized spacial score (nSPS) is 12.8. The van der Waals surface area contributed by atoms with E-state index in [2.05, 4.69) is 41.0 Å². The van der Waals surface area contributed by atoms with E-state index in [4.69, 9.17) is 26.2 Å². The molecule has 262 valence electrons. The molecule has 0 atom stereocenters. The minimum absolute atomic E-state index is 0.163. The monoisotopic (exact) mass is 721 g/mol. The fourth-order valence-electron chi connectivity index (χ4n) is 7.68. The van der Waals surface area contributed by atoms with E-state index in [9.17, 15) is 0 Å². The van der Waals surface area contributed by atoms with Gasteiger partial charge in [0.25, 0.3) is 0 Å². The first-order chi connectivity index (χ1) is 29.8. The Labute approximate surface area is 329 Å². The molecule has 0 saturated heterocycles. The lowest BCUT2D eigenvalue weighted by Gasteiger charge is -2.12. The van der Waals surface area contributed by atoms with Gasteiger partial charge in [0.1, 0.15) is 5.58 Å². The Kier molecular flexibility index (Phi) is 6.29. The molecule has 11 aromatic rings. The van der Waals surface area contributed by atoms with Crippen molar-refractivity contribution < 1.29 is 11.3 Å². The molecule has 0 fully saturated rings. The number of benzene rings is 8. The average molecular weight is 722 g/mol. The predicted octanol–water partition coefficient (Wildman–Crippen LogP) is 13.2. The summed E-state index contributed by atoms with van der Waals surface area (Å²) < 4.78 is 51.3. The minimum atomic E-state index is -0.418. The van der Waals surface area contributed by atoms with Crippen molar-refractivity contribution in [1.29, 1.82) is 0 Å². The van der Waals surface area contributed by atoms with E-state index in [0.717, 1.165) is 66.1 Å². The number of aromatic nitrogens is 4. The fraction of sp³-hybridized carbons (Fsp3) is 0. The molecule has 56 heavy (non-hydrogen) atoms. The largest absolute Gasteiger partial charge is 0.454 e. The summed E-state index contributed by atoms with van der Waals surface area (Å²) in [5.41, 5.74) is 9.30. The van der Waals surface area contributed by atoms with Gasteiger partial charge in [-0.3, -0.25) is 0 Å². The Balaban J connectivity index is 1.15. The highest BCUT2D eigenvalue weighted by molar-refractivity contribution is 6.14. The van der Waals surface area contributed by atoms with Gasteiger partial charge in [0.2, 0.25) is 0 Å². The number of hydrogen-bond acceptors (Lipinski definition) is 4. The van der Waals surface area contributed by atoms with E-state index < -0.39 is 6.04 Å². The van der Waals surface area contributed by atoms with Crippen molar-refractivity contribution in [2.24, 2.45) is 0 Å². The summed E-state index contributed by atoms with van der Waals surface area (Å²) in [7, 11) is 0. The summed E-state index contributed by atoms with van der Waals surface area (Å²) >= 11 is 0. The van der Waals surface area contributed by atoms with Gasteiger partial charge in [0.15, 0.2) is 23.1 Å². The highest BCUT2D eigenvalue weighted by Crippen LogP contribution is 2.42. The maximum atomic E-state index is 8.70. The molecule has 8 aromatic carbocycles. The van der Waals surface area contributed by atoms with Crippen LogP contribution in [0.5, 0.6) is 0 Å². The van der Waals surface area contributed by atoms with E-state index in [1.54, 1.807) is 0 Å². The van der Waals surface area contributed by atoms with Gasteiger partial charge in [0.05, 0.1) is 23.6 Å². The van der Waals surface area contributed by atoms with Crippen molar-refractivity contribution in [3.8, 4) is 62.1 Å². The van der Waals surface area contributed by atoms with Crippen LogP contribution in [0.15, 0.2) is 198 Å². The summed E-state index contributed by atoms with van der Waals surface area (Å²) in [6.07, 6.45) is 0. The van der Waals surface area contributed by atoms with Gasteiger partial charge < -0.3 is 8.98 Å². The number of nitrogens with zero attached hydrogens (tertiary/aromatic N) is 4. The number of furan rings is 1. The maximum absolute atomic E-state index is 8.70. The van der Waals surface area contributed by atoms with Crippen LogP contribution in [0.4, 0.5) is 0 Å². The van der Waals surface area contributed by atoms with Gasteiger partial charge in [-0.2, -0.15) is 0 Å². The first-order valence-electron chi connectivity index (χ1n) is 20.9. The molecule has 0 amide bonds. The molecule has 0 aliphatic carbocycles. The van der Waals surface area contributed by atoms with Crippen molar-refractivity contribution in [2.45, 2.75) is 0 Å². The van der Waals surface area contributed by atoms with Crippen LogP contribution in [0, 0.1) is 0 Å². The molecule has 0 N–H and O–H groups in total. The van der Waals surface area contributed by atoms with E-state index >= 15 is 0 Å². The smallest absolute Gasteiger partial charge is 0.164 e. The van der Waals surface area contributed by atoms with Crippen LogP contribution < -0.4 is 0 Å². The zero-order valence-corrected chi connectivity index (χ0v) is 29.8. The maximum Gasteiger partial charge on any atom is 0.164 e. The number of fused-ring (bicyclic) bond motifs is 6. The summed E-state index contributed by atoms with van der Waals surface area (Å²) in [5, 5.41) is 3.68. The highest BCUT2D eigenvalue weighted by atomic mass is 16.3. The van der Waals surface area contributed by atoms with Crippen LogP contribution in [0.2, 0.25) is 0 Å². The zero-order valence-electron chi connectivity index (χ0n) is 34.8. The van der Waals surface area contributed by atoms with E-state index in [1.165, 1.54) is 0 Å². The van der Waals surface area contributed by atoms with Gasteiger partial charge >= 0.3 is 0 Å². The third-order valence-corrected chi connectivity index (χ3v) is 10.3. The van der Waals surface area contributed by atoms with E-state index in [-0.39, 0.29) is 29.7 Å². The van der Waals surface area contributed by atoms with Gasteiger partial charge in [-0.05, 0) is 64.7 Å². The fourth-order valence-corrected chi connectivity index (χ4v) is 7.68. The lowest BCUT2D eigenvalue weighted by Crippen LogP contribution is -2.00. The Hall–Kier alpha value is -7.63. The number of rotatable bonds is 6. The molecule has 3 aromatic heterocycles. The quantitative estimate of drug-likeness (QED) is 0.172. The van der Waals surface area contributed by atoms with Crippen LogP contribution in [0.25, 0.3) is 106 Å². The Morgan fingerprint density at radius 3 is 1.66 bits per heavy atom. The molecule has 3 heterocycles. The number of hydrogen-bond donors (Lipinski definition) is 0. The van der Waals surface area contributed by atoms with E-state index in [0.29, 0.717) is 34.2 Å². The van der Waals surface area contributed by atoms with Crippen LogP contribution in [0.1, 0.15) is 6.85 Å². The molecule has 0 aliphatic rings. The van der Waals surface area contributed by atoms with Gasteiger partial charge in [-0.15, -0.1) is 0 Å². The minimum Gasteiger partial charge on any atom is -0.454 e. The average Bonchev–Trinajstić information content (AvgIpc) is 3.86. The Bertz CT molecular complexity index is 3450. The summed E-state index contributed by atoms with van der Waals surface area (Å²) in [6.45, 7) is 0. The molecular formula is C51H32N4O. The molecule has 0 radical (unpaired) electrons. The molecule has 0 bridgehead atoms. The first kappa shape index (κ1) is 27.0. The second-order valence-electron chi connectivity index (χ2n) is 13.7. The van der Waals surface area contributed by atoms with Crippen LogP contribution in [0.3, 0.4) is 0 Å². The molecule has 11 rings (SSSR count). The van der Waals surface area contributed by atoms with Crippen molar-refractivity contribution in [1.82, 2.24) is 19.5 Å². The second-order valence-corrected chi connectivity index (χ2v) is 13.7. The third kappa shape index (κ3) is 5.37. The molecular weight excluding hydrogens is 685 g/mol. The van der Waals surface area contributed by atoms with Crippen molar-refractivity contribution in [3.63, 3.8) is 0 Å². The molecule has 5 heteroatoms. The van der Waals surface area contributed by atoms with Crippen LogP contribution in [-0.4, -0.2) is 19.5 Å². The third-order valence-electron chi connectivity index (χ3n) is 10.3. The zero-order chi connectivity index (χ0) is 41.4. The Morgan fingerprint density at radius 2 is 0.964 bits per heavy atom. The lowest BCUT2D eigenvalue weighted by atomic mass is 10.0. The molecule has 0 aliphatic heterocycles. The molecule has 0 saturated carbocycles. The van der Waals surface area contributed by atoms with Crippen LogP contribution >= 0.6 is 0 Å². The summed E-state index contributed by atoms with van der Waals surface area (Å²) in [4.78, 5) is 14.8. The summed E-state index contributed by atoms with van der Waals surface area (Å²) in [6, 6.07) is 52.7. The van der Waals surface area contributed by atoms with Gasteiger partial charge in [0, 0.05) is 38.2 Å². The van der Waals surface area contributed by atoms with Crippen LogP contribution in [-0.2, 0) is 0 Å². The second kappa shape index (κ2) is 13.0. The molecule has 5 nitrogen and oxygen atoms in total. The van der Waals surface area contributed by atoms with Crippen molar-refractivity contribution in [2.75, 3.05) is 0 Å². The molecule has 0 unspecified atom stereocenters. The SMILES string of the molecule is [2H]c1c([2H])c([2H])c(-c2ccc3c(c2)c2ccccc2n3-c2cc(-c3ccccc3)cc3c2oc2cc(-c4nc(-c5ccccc5)nc(-c5ccccc5)n4)ccc23)c([2H])c1[2H]. The lowest BCUT2D eigenvalue weighted by molar-refractivity contribution is 0.666. The van der Waals surface area contributed by atoms with Crippen molar-refractivity contribution in [3.05, 3.63) is 194 Å². The van der Waals surface area contributed by atoms with Gasteiger partial charge in [-0.25, -0.2) is 15.0 Å². The number of para-hydroxylation sites is 1. The van der Waals surface area contributed by atoms with Crippen molar-refractivity contribution >= 4 is 43.7 Å². The summed E-state index contributed by atoms with van der Waals surface area (Å²) in [5.74, 6) is 1.67. The standard InChI is InChI=1S/C51H32N4O/c1-5-15-33(16-6-1)37-26-28-45-42(29-37)40-23-13-14-24-44(40)55(45)46-31-39(34-17-7-2-8-18-34)30-43-41-27-25-38(32-47(41)56-48(43)46)51-53-49(35-19-9-3-10-20-35)52-50(54-51)36-21-11-4-12-22-36/h1-32H/i1D,5D,6D,15D,16D. The van der Waals surface area contributed by atoms with Gasteiger partial charge in [-0.1, -0.05) is 152 Å². The van der Waals surface area contributed by atoms with E-state index in [1.807, 2.05) is 127 Å². The molecule has 0 spiro atoms. The Morgan fingerprint density at radius 1 is 0.393 bits per heavy atom. The topological polar surface area (TPSA) is 56.7 Å². The highest BCUT2D eigenvalue weighted by Gasteiger charge is 2.21.